The first-order valence-corrected chi connectivity index (χ1v) is 11.3. The summed E-state index contributed by atoms with van der Waals surface area (Å²) in [4.78, 5) is 24.7. The second-order valence-corrected chi connectivity index (χ2v) is 8.63. The van der Waals surface area contributed by atoms with Gasteiger partial charge in [0.05, 0.1) is 34.8 Å². The molecule has 0 bridgehead atoms. The molecule has 2 aromatic rings. The average molecular weight is 457 g/mol. The van der Waals surface area contributed by atoms with Gasteiger partial charge in [0.25, 0.3) is 0 Å². The maximum absolute atomic E-state index is 13.3. The molecule has 10 heteroatoms. The molecule has 30 heavy (non-hydrogen) atoms. The summed E-state index contributed by atoms with van der Waals surface area (Å²) in [5.74, 6) is -1.71. The molecule has 0 saturated heterocycles. The number of carbonyl (C=O) groups excluding carboxylic acids is 2. The van der Waals surface area contributed by atoms with Crippen molar-refractivity contribution in [2.75, 3.05) is 22.5 Å². The van der Waals surface area contributed by atoms with E-state index in [-0.39, 0.29) is 35.0 Å². The number of rotatable bonds is 8. The van der Waals surface area contributed by atoms with Crippen LogP contribution in [0.2, 0.25) is 5.02 Å². The topological polar surface area (TPSA) is 92.8 Å². The molecule has 1 N–H and O–H groups in total. The van der Waals surface area contributed by atoms with E-state index in [1.807, 2.05) is 0 Å². The summed E-state index contributed by atoms with van der Waals surface area (Å²) < 4.78 is 43.9. The number of hydrogen-bond acceptors (Lipinski definition) is 5. The van der Waals surface area contributed by atoms with Crippen LogP contribution in [0.5, 0.6) is 0 Å². The molecule has 162 valence electrons. The Kier molecular flexibility index (Phi) is 7.80. The fraction of sp³-hybridized carbons (Fsp3) is 0.300. The summed E-state index contributed by atoms with van der Waals surface area (Å²) in [6, 6.07) is 7.92. The van der Waals surface area contributed by atoms with Gasteiger partial charge in [0.2, 0.25) is 15.9 Å². The molecule has 0 aliphatic rings. The van der Waals surface area contributed by atoms with Gasteiger partial charge in [-0.3, -0.25) is 9.10 Å². The number of sulfonamides is 1. The second-order valence-electron chi connectivity index (χ2n) is 6.36. The van der Waals surface area contributed by atoms with Crippen molar-refractivity contribution in [1.82, 2.24) is 0 Å². The lowest BCUT2D eigenvalue weighted by Gasteiger charge is -2.30. The van der Waals surface area contributed by atoms with Crippen LogP contribution in [0.15, 0.2) is 42.5 Å². The van der Waals surface area contributed by atoms with Crippen LogP contribution < -0.4 is 9.62 Å². The first-order valence-electron chi connectivity index (χ1n) is 9.11. The summed E-state index contributed by atoms with van der Waals surface area (Å²) in [5, 5.41) is 2.68. The molecule has 2 rings (SSSR count). The molecule has 2 aromatic carbocycles. The molecule has 0 aromatic heterocycles. The van der Waals surface area contributed by atoms with Crippen LogP contribution in [0, 0.1) is 5.82 Å². The third-order valence-corrected chi connectivity index (χ3v) is 5.64. The number of nitrogens with one attached hydrogen (secondary N) is 1. The molecule has 7 nitrogen and oxygen atoms in total. The SMILES string of the molecule is CCOC(=O)c1ccc(NC(=O)C(CC)N(c2ccc(F)cc2)S(C)(=O)=O)c(Cl)c1. The van der Waals surface area contributed by atoms with Gasteiger partial charge < -0.3 is 10.1 Å². The largest absolute Gasteiger partial charge is 0.462 e. The maximum Gasteiger partial charge on any atom is 0.338 e. The molecule has 0 fully saturated rings. The van der Waals surface area contributed by atoms with E-state index in [9.17, 15) is 22.4 Å². The monoisotopic (exact) mass is 456 g/mol. The zero-order valence-electron chi connectivity index (χ0n) is 16.7. The van der Waals surface area contributed by atoms with Crippen LogP contribution in [0.3, 0.4) is 0 Å². The Morgan fingerprint density at radius 1 is 1.17 bits per heavy atom. The number of amides is 1. The van der Waals surface area contributed by atoms with E-state index in [0.29, 0.717) is 0 Å². The number of carbonyl (C=O) groups is 2. The minimum absolute atomic E-state index is 0.0939. The highest BCUT2D eigenvalue weighted by atomic mass is 35.5. The Morgan fingerprint density at radius 2 is 1.80 bits per heavy atom. The lowest BCUT2D eigenvalue weighted by atomic mass is 10.1. The molecule has 0 aliphatic carbocycles. The zero-order valence-corrected chi connectivity index (χ0v) is 18.3. The Labute approximate surface area is 179 Å². The molecule has 1 amide bonds. The van der Waals surface area contributed by atoms with Gasteiger partial charge in [0, 0.05) is 0 Å². The fourth-order valence-electron chi connectivity index (χ4n) is 2.82. The van der Waals surface area contributed by atoms with Crippen LogP contribution >= 0.6 is 11.6 Å². The van der Waals surface area contributed by atoms with Crippen LogP contribution in [-0.4, -0.2) is 39.2 Å². The van der Waals surface area contributed by atoms with Crippen molar-refractivity contribution in [2.24, 2.45) is 0 Å². The Morgan fingerprint density at radius 3 is 2.30 bits per heavy atom. The molecule has 0 heterocycles. The lowest BCUT2D eigenvalue weighted by molar-refractivity contribution is -0.117. The van der Waals surface area contributed by atoms with Crippen molar-refractivity contribution in [1.29, 1.82) is 0 Å². The van der Waals surface area contributed by atoms with Crippen LogP contribution in [0.25, 0.3) is 0 Å². The predicted octanol–water partition coefficient (Wildman–Crippen LogP) is 3.84. The highest BCUT2D eigenvalue weighted by Crippen LogP contribution is 2.27. The van der Waals surface area contributed by atoms with Gasteiger partial charge >= 0.3 is 5.97 Å². The Hall–Kier alpha value is -2.65. The minimum Gasteiger partial charge on any atom is -0.462 e. The zero-order chi connectivity index (χ0) is 22.5. The van der Waals surface area contributed by atoms with E-state index < -0.39 is 33.8 Å². The maximum atomic E-state index is 13.3. The first-order chi connectivity index (χ1) is 14.1. The van der Waals surface area contributed by atoms with Crippen molar-refractivity contribution in [3.8, 4) is 0 Å². The van der Waals surface area contributed by atoms with Crippen LogP contribution in [0.1, 0.15) is 30.6 Å². The van der Waals surface area contributed by atoms with Crippen molar-refractivity contribution >= 4 is 44.9 Å². The number of nitrogens with zero attached hydrogens (tertiary/aromatic N) is 1. The summed E-state index contributed by atoms with van der Waals surface area (Å²) in [7, 11) is -3.86. The highest BCUT2D eigenvalue weighted by molar-refractivity contribution is 7.92. The van der Waals surface area contributed by atoms with Gasteiger partial charge in [0.15, 0.2) is 0 Å². The first kappa shape index (κ1) is 23.6. The van der Waals surface area contributed by atoms with Crippen molar-refractivity contribution in [3.05, 3.63) is 58.9 Å². The standard InChI is InChI=1S/C20H22ClFN2O5S/c1-4-18(24(30(3,27)28)15-9-7-14(22)8-10-15)19(25)23-17-11-6-13(12-16(17)21)20(26)29-5-2/h6-12,18H,4-5H2,1-3H3,(H,23,25). The Bertz CT molecular complexity index is 1030. The number of anilines is 2. The fourth-order valence-corrected chi connectivity index (χ4v) is 4.26. The summed E-state index contributed by atoms with van der Waals surface area (Å²) in [6.45, 7) is 3.53. The van der Waals surface area contributed by atoms with Gasteiger partial charge in [-0.05, 0) is 55.8 Å². The number of esters is 1. The van der Waals surface area contributed by atoms with Crippen molar-refractivity contribution in [3.63, 3.8) is 0 Å². The van der Waals surface area contributed by atoms with Crippen molar-refractivity contribution < 1.29 is 27.1 Å². The van der Waals surface area contributed by atoms with E-state index in [1.54, 1.807) is 13.8 Å². The highest BCUT2D eigenvalue weighted by Gasteiger charge is 2.32. The van der Waals surface area contributed by atoms with E-state index in [1.165, 1.54) is 30.3 Å². The summed E-state index contributed by atoms with van der Waals surface area (Å²) in [5.41, 5.74) is 0.585. The number of benzene rings is 2. The molecule has 1 atom stereocenters. The molecule has 0 radical (unpaired) electrons. The van der Waals surface area contributed by atoms with E-state index >= 15 is 0 Å². The van der Waals surface area contributed by atoms with Crippen LogP contribution in [-0.2, 0) is 19.6 Å². The average Bonchev–Trinajstić information content (AvgIpc) is 2.67. The van der Waals surface area contributed by atoms with E-state index in [4.69, 9.17) is 16.3 Å². The van der Waals surface area contributed by atoms with Crippen molar-refractivity contribution in [2.45, 2.75) is 26.3 Å². The van der Waals surface area contributed by atoms with Gasteiger partial charge in [-0.25, -0.2) is 17.6 Å². The predicted molar refractivity (Wildman–Crippen MR) is 114 cm³/mol. The minimum atomic E-state index is -3.86. The number of hydrogen-bond donors (Lipinski definition) is 1. The summed E-state index contributed by atoms with van der Waals surface area (Å²) >= 11 is 6.17. The third-order valence-electron chi connectivity index (χ3n) is 4.15. The molecule has 1 unspecified atom stereocenters. The molecule has 0 aliphatic heterocycles. The normalized spacial score (nSPS) is 12.2. The third kappa shape index (κ3) is 5.70. The smallest absolute Gasteiger partial charge is 0.338 e. The van der Waals surface area contributed by atoms with Gasteiger partial charge in [0.1, 0.15) is 11.9 Å². The molecular weight excluding hydrogens is 435 g/mol. The second kappa shape index (κ2) is 9.90. The van der Waals surface area contributed by atoms with Crippen LogP contribution in [0.4, 0.5) is 15.8 Å². The molecule has 0 saturated carbocycles. The molecular formula is C20H22ClFN2O5S. The lowest BCUT2D eigenvalue weighted by Crippen LogP contribution is -2.47. The molecule has 0 spiro atoms. The van der Waals surface area contributed by atoms with Gasteiger partial charge in [-0.2, -0.15) is 0 Å². The van der Waals surface area contributed by atoms with E-state index in [2.05, 4.69) is 5.32 Å². The van der Waals surface area contributed by atoms with Gasteiger partial charge in [-0.1, -0.05) is 18.5 Å². The Balaban J connectivity index is 2.32. The number of halogens is 2. The quantitative estimate of drug-likeness (QED) is 0.609. The summed E-state index contributed by atoms with van der Waals surface area (Å²) in [6.07, 6.45) is 1.11. The van der Waals surface area contributed by atoms with Gasteiger partial charge in [-0.15, -0.1) is 0 Å². The number of ether oxygens (including phenoxy) is 1. The van der Waals surface area contributed by atoms with E-state index in [0.717, 1.165) is 22.7 Å².